The van der Waals surface area contributed by atoms with E-state index in [0.717, 1.165) is 4.90 Å². The van der Waals surface area contributed by atoms with E-state index in [2.05, 4.69) is 10.6 Å². The average Bonchev–Trinajstić information content (AvgIpc) is 2.87. The number of hydrogen-bond acceptors (Lipinski definition) is 6. The monoisotopic (exact) mass is 374 g/mol. The summed E-state index contributed by atoms with van der Waals surface area (Å²) in [6, 6.07) is 2.95. The maximum absolute atomic E-state index is 12.8. The number of nitrogens with zero attached hydrogens (tertiary/aromatic N) is 1. The molecule has 6 amide bonds. The first-order valence-electron chi connectivity index (χ1n) is 8.41. The predicted molar refractivity (Wildman–Crippen MR) is 90.8 cm³/mol. The second-order valence-electron chi connectivity index (χ2n) is 6.12. The number of benzene rings is 1. The summed E-state index contributed by atoms with van der Waals surface area (Å²) in [7, 11) is 0. The van der Waals surface area contributed by atoms with Gasteiger partial charge in [-0.3, -0.25) is 29.4 Å². The fourth-order valence-corrected chi connectivity index (χ4v) is 3.07. The summed E-state index contributed by atoms with van der Waals surface area (Å²) >= 11 is 0. The molecule has 1 fully saturated rings. The van der Waals surface area contributed by atoms with Crippen molar-refractivity contribution in [3.05, 3.63) is 29.3 Å². The summed E-state index contributed by atoms with van der Waals surface area (Å²) in [5, 5.41) is 4.56. The number of imide groups is 2. The first kappa shape index (κ1) is 18.4. The zero-order chi connectivity index (χ0) is 19.6. The van der Waals surface area contributed by atoms with Crippen molar-refractivity contribution in [2.75, 3.05) is 13.2 Å². The highest BCUT2D eigenvalue weighted by Gasteiger charge is 2.45. The summed E-state index contributed by atoms with van der Waals surface area (Å²) in [6.45, 7) is 0.496. The Hall–Kier alpha value is -3.43. The van der Waals surface area contributed by atoms with Gasteiger partial charge in [0.2, 0.25) is 11.8 Å². The van der Waals surface area contributed by atoms with E-state index in [9.17, 15) is 24.0 Å². The Bertz CT molecular complexity index is 837. The second kappa shape index (κ2) is 7.44. The van der Waals surface area contributed by atoms with Crippen LogP contribution >= 0.6 is 0 Å². The van der Waals surface area contributed by atoms with Crippen LogP contribution in [0, 0.1) is 0 Å². The number of fused-ring (bicyclic) bond motifs is 1. The molecule has 27 heavy (non-hydrogen) atoms. The highest BCUT2D eigenvalue weighted by atomic mass is 16.5. The van der Waals surface area contributed by atoms with Gasteiger partial charge in [-0.05, 0) is 25.0 Å². The number of nitrogens with two attached hydrogens (primary N) is 1. The number of piperidine rings is 1. The van der Waals surface area contributed by atoms with Gasteiger partial charge in [-0.2, -0.15) is 0 Å². The van der Waals surface area contributed by atoms with Gasteiger partial charge in [-0.1, -0.05) is 6.07 Å². The number of nitrogens with one attached hydrogen (secondary N) is 2. The molecule has 0 aliphatic carbocycles. The van der Waals surface area contributed by atoms with Gasteiger partial charge in [0.05, 0.1) is 17.7 Å². The number of carbonyl (C=O) groups is 5. The molecule has 3 rings (SSSR count). The number of carbonyl (C=O) groups excluding carboxylic acids is 5. The largest absolute Gasteiger partial charge is 0.493 e. The summed E-state index contributed by atoms with van der Waals surface area (Å²) in [4.78, 5) is 60.4. The molecule has 0 aromatic heterocycles. The molecule has 0 bridgehead atoms. The van der Waals surface area contributed by atoms with Crippen molar-refractivity contribution in [3.8, 4) is 5.75 Å². The van der Waals surface area contributed by atoms with Crippen LogP contribution in [0.4, 0.5) is 4.79 Å². The first-order valence-corrected chi connectivity index (χ1v) is 8.41. The van der Waals surface area contributed by atoms with Gasteiger partial charge in [0.1, 0.15) is 11.8 Å². The van der Waals surface area contributed by atoms with Crippen LogP contribution in [0.3, 0.4) is 0 Å². The molecule has 10 heteroatoms. The minimum atomic E-state index is -1.03. The molecule has 0 spiro atoms. The van der Waals surface area contributed by atoms with Crippen LogP contribution in [0.25, 0.3) is 0 Å². The summed E-state index contributed by atoms with van der Waals surface area (Å²) < 4.78 is 5.58. The molecule has 0 radical (unpaired) electrons. The van der Waals surface area contributed by atoms with Crippen molar-refractivity contribution in [3.63, 3.8) is 0 Å². The van der Waals surface area contributed by atoms with E-state index in [1.165, 1.54) is 6.07 Å². The highest BCUT2D eigenvalue weighted by molar-refractivity contribution is 6.24. The average molecular weight is 374 g/mol. The molecule has 142 valence electrons. The zero-order valence-corrected chi connectivity index (χ0v) is 14.3. The third-order valence-corrected chi connectivity index (χ3v) is 4.31. The van der Waals surface area contributed by atoms with Crippen LogP contribution in [0.1, 0.15) is 40.0 Å². The van der Waals surface area contributed by atoms with E-state index in [-0.39, 0.29) is 36.3 Å². The molecule has 2 aliphatic heterocycles. The van der Waals surface area contributed by atoms with Gasteiger partial charge in [0.15, 0.2) is 0 Å². The predicted octanol–water partition coefficient (Wildman–Crippen LogP) is -0.475. The molecular formula is C17H18N4O6. The lowest BCUT2D eigenvalue weighted by atomic mass is 10.0. The van der Waals surface area contributed by atoms with Crippen molar-refractivity contribution in [2.24, 2.45) is 5.73 Å². The lowest BCUT2D eigenvalue weighted by Gasteiger charge is -2.27. The summed E-state index contributed by atoms with van der Waals surface area (Å²) in [6.07, 6.45) is 0.594. The van der Waals surface area contributed by atoms with Crippen molar-refractivity contribution in [1.82, 2.24) is 15.5 Å². The molecule has 1 aromatic rings. The van der Waals surface area contributed by atoms with Gasteiger partial charge in [-0.15, -0.1) is 0 Å². The van der Waals surface area contributed by atoms with Crippen LogP contribution in [-0.4, -0.2) is 53.8 Å². The molecule has 1 aromatic carbocycles. The summed E-state index contributed by atoms with van der Waals surface area (Å²) in [5.74, 6) is -2.09. The van der Waals surface area contributed by atoms with Gasteiger partial charge in [-0.25, -0.2) is 4.79 Å². The number of urea groups is 1. The SMILES string of the molecule is NC(=O)NCCCOc1cccc2c1C(=O)N(C1CCC(=O)NC1=O)C2=O. The molecule has 1 unspecified atom stereocenters. The minimum absolute atomic E-state index is 0.0556. The van der Waals surface area contributed by atoms with Crippen LogP contribution in [0.5, 0.6) is 5.75 Å². The van der Waals surface area contributed by atoms with Gasteiger partial charge in [0.25, 0.3) is 11.8 Å². The Kier molecular flexibility index (Phi) is 5.06. The fraction of sp³-hybridized carbons (Fsp3) is 0.353. The summed E-state index contributed by atoms with van der Waals surface area (Å²) in [5.41, 5.74) is 5.21. The Labute approximate surface area is 154 Å². The van der Waals surface area contributed by atoms with Crippen LogP contribution in [0.2, 0.25) is 0 Å². The molecule has 2 aliphatic rings. The number of primary amides is 1. The molecule has 1 atom stereocenters. The lowest BCUT2D eigenvalue weighted by molar-refractivity contribution is -0.136. The van der Waals surface area contributed by atoms with Crippen molar-refractivity contribution in [2.45, 2.75) is 25.3 Å². The molecule has 4 N–H and O–H groups in total. The maximum Gasteiger partial charge on any atom is 0.312 e. The molecular weight excluding hydrogens is 356 g/mol. The quantitative estimate of drug-likeness (QED) is 0.453. The van der Waals surface area contributed by atoms with Crippen LogP contribution in [0.15, 0.2) is 18.2 Å². The van der Waals surface area contributed by atoms with E-state index in [0.29, 0.717) is 13.0 Å². The number of amides is 6. The Balaban J connectivity index is 1.75. The molecule has 2 heterocycles. The van der Waals surface area contributed by atoms with Crippen LogP contribution < -0.4 is 21.1 Å². The third-order valence-electron chi connectivity index (χ3n) is 4.31. The highest BCUT2D eigenvalue weighted by Crippen LogP contribution is 2.33. The van der Waals surface area contributed by atoms with E-state index in [4.69, 9.17) is 10.5 Å². The van der Waals surface area contributed by atoms with Gasteiger partial charge in [0, 0.05) is 13.0 Å². The Morgan fingerprint density at radius 3 is 2.74 bits per heavy atom. The second-order valence-corrected chi connectivity index (χ2v) is 6.12. The molecule has 0 saturated carbocycles. The zero-order valence-electron chi connectivity index (χ0n) is 14.3. The van der Waals surface area contributed by atoms with Crippen molar-refractivity contribution < 1.29 is 28.7 Å². The smallest absolute Gasteiger partial charge is 0.312 e. The standard InChI is InChI=1S/C17H18N4O6/c18-17(26)19-7-2-8-27-11-4-1-3-9-13(11)16(25)21(15(9)24)10-5-6-12(22)20-14(10)23/h1,3-4,10H,2,5-8H2,(H3,18,19,26)(H,20,22,23). The maximum atomic E-state index is 12.8. The minimum Gasteiger partial charge on any atom is -0.493 e. The van der Waals surface area contributed by atoms with E-state index >= 15 is 0 Å². The van der Waals surface area contributed by atoms with E-state index < -0.39 is 35.7 Å². The number of rotatable bonds is 6. The molecule has 1 saturated heterocycles. The Morgan fingerprint density at radius 1 is 1.26 bits per heavy atom. The topological polar surface area (TPSA) is 148 Å². The van der Waals surface area contributed by atoms with Gasteiger partial charge >= 0.3 is 6.03 Å². The number of hydrogen-bond donors (Lipinski definition) is 3. The molecule has 10 nitrogen and oxygen atoms in total. The van der Waals surface area contributed by atoms with Gasteiger partial charge < -0.3 is 15.8 Å². The van der Waals surface area contributed by atoms with Crippen LogP contribution in [-0.2, 0) is 9.59 Å². The Morgan fingerprint density at radius 2 is 2.04 bits per heavy atom. The third kappa shape index (κ3) is 3.59. The fourth-order valence-electron chi connectivity index (χ4n) is 3.07. The van der Waals surface area contributed by atoms with Crippen molar-refractivity contribution >= 4 is 29.7 Å². The lowest BCUT2D eigenvalue weighted by Crippen LogP contribution is -2.54. The number of ether oxygens (including phenoxy) is 1. The van der Waals surface area contributed by atoms with Crippen molar-refractivity contribution in [1.29, 1.82) is 0 Å². The van der Waals surface area contributed by atoms with E-state index in [1.54, 1.807) is 12.1 Å². The normalized spacial score (nSPS) is 19.0. The van der Waals surface area contributed by atoms with E-state index in [1.807, 2.05) is 0 Å². The first-order chi connectivity index (χ1) is 12.9.